The van der Waals surface area contributed by atoms with Crippen LogP contribution in [0.25, 0.3) is 0 Å². The first-order valence-corrected chi connectivity index (χ1v) is 4.76. The Morgan fingerprint density at radius 2 is 1.13 bits per heavy atom. The summed E-state index contributed by atoms with van der Waals surface area (Å²) in [6.45, 7) is 0. The summed E-state index contributed by atoms with van der Waals surface area (Å²) in [5.74, 6) is -2.03. The lowest BCUT2D eigenvalue weighted by Crippen LogP contribution is -2.73. The van der Waals surface area contributed by atoms with Gasteiger partial charge in [-0.2, -0.15) is 0 Å². The van der Waals surface area contributed by atoms with Crippen molar-refractivity contribution in [1.82, 2.24) is 0 Å². The zero-order valence-corrected chi connectivity index (χ0v) is 8.19. The van der Waals surface area contributed by atoms with Crippen LogP contribution in [0.4, 0.5) is 0 Å². The third-order valence-corrected chi connectivity index (χ3v) is 3.61. The van der Waals surface area contributed by atoms with Crippen LogP contribution in [0.3, 0.4) is 0 Å². The van der Waals surface area contributed by atoms with Crippen molar-refractivity contribution in [2.75, 3.05) is 0 Å². The van der Waals surface area contributed by atoms with E-state index in [2.05, 4.69) is 0 Å². The second-order valence-corrected chi connectivity index (χ2v) is 5.13. The largest absolute Gasteiger partial charge is 0.480 e. The molecule has 1 spiro atoms. The first-order chi connectivity index (χ1) is 6.72. The van der Waals surface area contributed by atoms with Gasteiger partial charge in [0.2, 0.25) is 0 Å². The number of hydrogen-bond donors (Lipinski definition) is 4. The average Bonchev–Trinajstić information content (AvgIpc) is 1.97. The zero-order valence-electron chi connectivity index (χ0n) is 8.19. The lowest BCUT2D eigenvalue weighted by molar-refractivity contribution is -0.174. The quantitative estimate of drug-likeness (QED) is 0.473. The molecule has 6 heteroatoms. The number of carbonyl (C=O) groups is 2. The molecule has 15 heavy (non-hydrogen) atoms. The molecule has 0 bridgehead atoms. The molecule has 2 aliphatic rings. The van der Waals surface area contributed by atoms with Crippen molar-refractivity contribution in [3.05, 3.63) is 0 Å². The molecule has 6 N–H and O–H groups in total. The van der Waals surface area contributed by atoms with Gasteiger partial charge in [0, 0.05) is 0 Å². The highest BCUT2D eigenvalue weighted by molar-refractivity contribution is 5.83. The maximum atomic E-state index is 10.8. The molecular formula is C9H14N2O4. The van der Waals surface area contributed by atoms with E-state index in [1.807, 2.05) is 0 Å². The first kappa shape index (κ1) is 10.4. The van der Waals surface area contributed by atoms with Crippen molar-refractivity contribution < 1.29 is 19.8 Å². The number of rotatable bonds is 2. The van der Waals surface area contributed by atoms with Crippen LogP contribution in [0.1, 0.15) is 25.7 Å². The van der Waals surface area contributed by atoms with Crippen LogP contribution in [0.2, 0.25) is 0 Å². The molecule has 0 aromatic heterocycles. The monoisotopic (exact) mass is 214 g/mol. The molecule has 0 saturated heterocycles. The Hall–Kier alpha value is -1.14. The van der Waals surface area contributed by atoms with Gasteiger partial charge in [-0.15, -0.1) is 0 Å². The summed E-state index contributed by atoms with van der Waals surface area (Å²) in [4.78, 5) is 21.5. The number of carboxylic acid groups (broad SMARTS) is 2. The lowest BCUT2D eigenvalue weighted by Gasteiger charge is -2.62. The summed E-state index contributed by atoms with van der Waals surface area (Å²) in [7, 11) is 0. The summed E-state index contributed by atoms with van der Waals surface area (Å²) in [5.41, 5.74) is 8.65. The molecule has 0 aliphatic heterocycles. The van der Waals surface area contributed by atoms with Crippen molar-refractivity contribution in [2.24, 2.45) is 16.9 Å². The molecule has 6 nitrogen and oxygen atoms in total. The molecule has 0 amide bonds. The Kier molecular flexibility index (Phi) is 1.74. The average molecular weight is 214 g/mol. The second kappa shape index (κ2) is 2.51. The minimum absolute atomic E-state index is 0.236. The predicted octanol–water partition coefficient (Wildman–Crippen LogP) is -0.875. The molecular weight excluding hydrogens is 200 g/mol. The maximum absolute atomic E-state index is 10.8. The van der Waals surface area contributed by atoms with E-state index in [-0.39, 0.29) is 5.41 Å². The fraction of sp³-hybridized carbons (Fsp3) is 0.778. The van der Waals surface area contributed by atoms with Gasteiger partial charge in [0.05, 0.1) is 0 Å². The summed E-state index contributed by atoms with van der Waals surface area (Å²) < 4.78 is 0. The van der Waals surface area contributed by atoms with Crippen LogP contribution in [0.15, 0.2) is 0 Å². The molecule has 0 unspecified atom stereocenters. The van der Waals surface area contributed by atoms with E-state index in [9.17, 15) is 9.59 Å². The summed E-state index contributed by atoms with van der Waals surface area (Å²) in [6, 6.07) is 0. The van der Waals surface area contributed by atoms with Crippen LogP contribution in [0, 0.1) is 5.41 Å². The van der Waals surface area contributed by atoms with Gasteiger partial charge >= 0.3 is 11.9 Å². The Balaban J connectivity index is 1.98. The van der Waals surface area contributed by atoms with E-state index in [1.54, 1.807) is 0 Å². The van der Waals surface area contributed by atoms with Gasteiger partial charge in [-0.3, -0.25) is 9.59 Å². The van der Waals surface area contributed by atoms with Crippen LogP contribution in [-0.4, -0.2) is 33.2 Å². The Morgan fingerprint density at radius 3 is 1.33 bits per heavy atom. The van der Waals surface area contributed by atoms with Gasteiger partial charge in [0.1, 0.15) is 11.1 Å². The third kappa shape index (κ3) is 1.25. The molecule has 84 valence electrons. The zero-order chi connectivity index (χ0) is 11.5. The summed E-state index contributed by atoms with van der Waals surface area (Å²) in [5, 5.41) is 17.6. The van der Waals surface area contributed by atoms with Gasteiger partial charge in [-0.25, -0.2) is 0 Å². The highest BCUT2D eigenvalue weighted by Gasteiger charge is 2.67. The van der Waals surface area contributed by atoms with Crippen LogP contribution in [0.5, 0.6) is 0 Å². The molecule has 2 saturated carbocycles. The van der Waals surface area contributed by atoms with Gasteiger partial charge in [-0.1, -0.05) is 0 Å². The van der Waals surface area contributed by atoms with E-state index in [4.69, 9.17) is 21.7 Å². The van der Waals surface area contributed by atoms with E-state index >= 15 is 0 Å². The van der Waals surface area contributed by atoms with Crippen molar-refractivity contribution in [3.8, 4) is 0 Å². The van der Waals surface area contributed by atoms with Gasteiger partial charge in [0.25, 0.3) is 0 Å². The lowest BCUT2D eigenvalue weighted by atomic mass is 9.43. The highest BCUT2D eigenvalue weighted by Crippen LogP contribution is 2.62. The molecule has 0 heterocycles. The van der Waals surface area contributed by atoms with Crippen molar-refractivity contribution >= 4 is 11.9 Å². The molecule has 0 atom stereocenters. The van der Waals surface area contributed by atoms with E-state index in [0.717, 1.165) is 0 Å². The topological polar surface area (TPSA) is 127 Å². The highest BCUT2D eigenvalue weighted by atomic mass is 16.4. The van der Waals surface area contributed by atoms with Gasteiger partial charge in [-0.05, 0) is 31.1 Å². The fourth-order valence-electron chi connectivity index (χ4n) is 3.13. The predicted molar refractivity (Wildman–Crippen MR) is 50.0 cm³/mol. The minimum Gasteiger partial charge on any atom is -0.480 e. The SMILES string of the molecule is NC1(C(=O)O)CC2(C1)CC(N)(C(=O)O)C2. The third-order valence-electron chi connectivity index (χ3n) is 3.61. The summed E-state index contributed by atoms with van der Waals surface area (Å²) >= 11 is 0. The van der Waals surface area contributed by atoms with E-state index in [0.29, 0.717) is 25.7 Å². The summed E-state index contributed by atoms with van der Waals surface area (Å²) in [6.07, 6.45) is 1.34. The Morgan fingerprint density at radius 1 is 0.867 bits per heavy atom. The minimum atomic E-state index is -1.17. The van der Waals surface area contributed by atoms with E-state index < -0.39 is 23.0 Å². The molecule has 2 rings (SSSR count). The fourth-order valence-corrected chi connectivity index (χ4v) is 3.13. The number of nitrogens with two attached hydrogens (primary N) is 2. The first-order valence-electron chi connectivity index (χ1n) is 4.76. The normalized spacial score (nSPS) is 48.1. The van der Waals surface area contributed by atoms with E-state index in [1.165, 1.54) is 0 Å². The molecule has 0 aromatic rings. The Bertz CT molecular complexity index is 303. The van der Waals surface area contributed by atoms with Crippen molar-refractivity contribution in [2.45, 2.75) is 36.8 Å². The Labute approximate surface area is 86.2 Å². The second-order valence-electron chi connectivity index (χ2n) is 5.13. The number of carboxylic acids is 2. The van der Waals surface area contributed by atoms with Crippen LogP contribution in [-0.2, 0) is 9.59 Å². The van der Waals surface area contributed by atoms with Crippen molar-refractivity contribution in [1.29, 1.82) is 0 Å². The molecule has 2 aliphatic carbocycles. The smallest absolute Gasteiger partial charge is 0.323 e. The standard InChI is InChI=1S/C9H14N2O4/c10-8(5(12)13)1-7(2-8)3-9(11,4-7)6(14)15/h1-4,10-11H2,(H,12,13)(H,14,15). The van der Waals surface area contributed by atoms with Gasteiger partial charge < -0.3 is 21.7 Å². The molecule has 0 aromatic carbocycles. The number of hydrogen-bond acceptors (Lipinski definition) is 4. The number of aliphatic carboxylic acids is 2. The molecule has 0 radical (unpaired) electrons. The van der Waals surface area contributed by atoms with Crippen LogP contribution < -0.4 is 11.5 Å². The van der Waals surface area contributed by atoms with Gasteiger partial charge in [0.15, 0.2) is 0 Å². The maximum Gasteiger partial charge on any atom is 0.323 e. The molecule has 2 fully saturated rings. The van der Waals surface area contributed by atoms with Crippen LogP contribution >= 0.6 is 0 Å². The van der Waals surface area contributed by atoms with Crippen molar-refractivity contribution in [3.63, 3.8) is 0 Å².